The molecule has 0 aliphatic rings. The topological polar surface area (TPSA) is 65.0 Å². The molecule has 0 fully saturated rings. The summed E-state index contributed by atoms with van der Waals surface area (Å²) < 4.78 is 16.4. The minimum atomic E-state index is -0.663. The zero-order valence-corrected chi connectivity index (χ0v) is 16.7. The Hall–Kier alpha value is -0.650. The second kappa shape index (κ2) is 10.4. The molecule has 0 amide bonds. The summed E-state index contributed by atoms with van der Waals surface area (Å²) in [6, 6.07) is 0. The molecule has 0 aromatic carbocycles. The van der Waals surface area contributed by atoms with Gasteiger partial charge in [-0.25, -0.2) is 0 Å². The Balaban J connectivity index is 5.14. The fraction of sp³-hybridized carbons (Fsp3) is 0.947. The highest BCUT2D eigenvalue weighted by Gasteiger charge is 2.45. The first-order valence-corrected chi connectivity index (χ1v) is 8.89. The molecule has 0 bridgehead atoms. The van der Waals surface area contributed by atoms with Gasteiger partial charge in [-0.15, -0.1) is 0 Å². The van der Waals surface area contributed by atoms with Crippen molar-refractivity contribution in [3.05, 3.63) is 0 Å². The lowest BCUT2D eigenvalue weighted by Crippen LogP contribution is -2.43. The largest absolute Gasteiger partial charge is 0.465 e. The first-order valence-electron chi connectivity index (χ1n) is 8.89. The van der Waals surface area contributed by atoms with Crippen LogP contribution in [0.1, 0.15) is 61.3 Å². The first kappa shape index (κ1) is 23.4. The van der Waals surface area contributed by atoms with E-state index in [4.69, 9.17) is 19.3 Å². The highest BCUT2D eigenvalue weighted by atomic mass is 16.5. The zero-order valence-electron chi connectivity index (χ0n) is 16.7. The maximum atomic E-state index is 12.8. The Morgan fingerprint density at radius 1 is 0.875 bits per heavy atom. The van der Waals surface area contributed by atoms with Gasteiger partial charge in [0, 0.05) is 0 Å². The van der Waals surface area contributed by atoms with Gasteiger partial charge in [-0.1, -0.05) is 41.5 Å². The van der Waals surface area contributed by atoms with Gasteiger partial charge in [0.05, 0.1) is 45.1 Å². The van der Waals surface area contributed by atoms with Crippen molar-refractivity contribution in [1.82, 2.24) is 0 Å². The van der Waals surface area contributed by atoms with Crippen LogP contribution in [0.3, 0.4) is 0 Å². The minimum Gasteiger partial charge on any atom is -0.465 e. The summed E-state index contributed by atoms with van der Waals surface area (Å²) in [7, 11) is 0. The number of aliphatic hydroxyl groups excluding tert-OH is 1. The molecule has 0 aromatic heterocycles. The second-order valence-corrected chi connectivity index (χ2v) is 8.86. The lowest BCUT2D eigenvalue weighted by molar-refractivity contribution is -0.165. The summed E-state index contributed by atoms with van der Waals surface area (Å²) in [6.07, 6.45) is 1.40. The second-order valence-electron chi connectivity index (χ2n) is 8.86. The number of hydrogen-bond acceptors (Lipinski definition) is 5. The van der Waals surface area contributed by atoms with Gasteiger partial charge in [0.1, 0.15) is 0 Å². The van der Waals surface area contributed by atoms with Crippen molar-refractivity contribution in [1.29, 1.82) is 0 Å². The molecule has 0 heterocycles. The predicted molar refractivity (Wildman–Crippen MR) is 95.9 cm³/mol. The van der Waals surface area contributed by atoms with Crippen LogP contribution in [0.25, 0.3) is 0 Å². The van der Waals surface area contributed by atoms with Gasteiger partial charge in [-0.3, -0.25) is 4.79 Å². The van der Waals surface area contributed by atoms with Crippen LogP contribution >= 0.6 is 0 Å². The number of carbonyl (C=O) groups is 1. The van der Waals surface area contributed by atoms with Crippen molar-refractivity contribution in [3.8, 4) is 0 Å². The molecule has 0 atom stereocenters. The third-order valence-corrected chi connectivity index (χ3v) is 3.43. The van der Waals surface area contributed by atoms with E-state index in [1.807, 2.05) is 6.92 Å². The van der Waals surface area contributed by atoms with Crippen LogP contribution in [-0.4, -0.2) is 50.7 Å². The molecule has 5 heteroatoms. The maximum absolute atomic E-state index is 12.8. The number of carbonyl (C=O) groups excluding carboxylic acids is 1. The molecule has 0 aliphatic heterocycles. The molecule has 0 saturated carbocycles. The third-order valence-electron chi connectivity index (χ3n) is 3.43. The highest BCUT2D eigenvalue weighted by Crippen LogP contribution is 2.43. The number of esters is 1. The van der Waals surface area contributed by atoms with Gasteiger partial charge >= 0.3 is 5.97 Å². The summed E-state index contributed by atoms with van der Waals surface area (Å²) in [5, 5.41) is 8.71. The monoisotopic (exact) mass is 346 g/mol. The van der Waals surface area contributed by atoms with Crippen molar-refractivity contribution in [2.24, 2.45) is 16.2 Å². The lowest BCUT2D eigenvalue weighted by atomic mass is 9.66. The van der Waals surface area contributed by atoms with Crippen LogP contribution in [0.5, 0.6) is 0 Å². The molecule has 5 nitrogen and oxygen atoms in total. The van der Waals surface area contributed by atoms with Crippen molar-refractivity contribution in [2.75, 3.05) is 39.6 Å². The van der Waals surface area contributed by atoms with E-state index in [0.717, 1.165) is 0 Å². The van der Waals surface area contributed by atoms with E-state index in [2.05, 4.69) is 41.5 Å². The normalized spacial score (nSPS) is 13.2. The fourth-order valence-corrected chi connectivity index (χ4v) is 3.23. The Kier molecular flexibility index (Phi) is 10.1. The smallest absolute Gasteiger partial charge is 0.314 e. The van der Waals surface area contributed by atoms with E-state index in [1.54, 1.807) is 0 Å². The van der Waals surface area contributed by atoms with Crippen molar-refractivity contribution in [3.63, 3.8) is 0 Å². The Labute approximate surface area is 148 Å². The minimum absolute atomic E-state index is 0.000805. The summed E-state index contributed by atoms with van der Waals surface area (Å²) in [5.74, 6) is -0.175. The average molecular weight is 347 g/mol. The Bertz CT molecular complexity index is 336. The molecule has 0 radical (unpaired) electrons. The quantitative estimate of drug-likeness (QED) is 0.459. The van der Waals surface area contributed by atoms with Gasteiger partial charge in [0.25, 0.3) is 0 Å². The SMILES string of the molecule is CCOC(=O)C(COCCOCCO)(CC(C)(C)C)CC(C)(C)C. The molecule has 0 aromatic rings. The average Bonchev–Trinajstić information content (AvgIpc) is 2.39. The fourth-order valence-electron chi connectivity index (χ4n) is 3.23. The third kappa shape index (κ3) is 10.3. The van der Waals surface area contributed by atoms with E-state index in [9.17, 15) is 4.79 Å². The summed E-state index contributed by atoms with van der Waals surface area (Å²) >= 11 is 0. The molecule has 0 rings (SSSR count). The Morgan fingerprint density at radius 3 is 1.79 bits per heavy atom. The van der Waals surface area contributed by atoms with Gasteiger partial charge in [-0.2, -0.15) is 0 Å². The number of aliphatic hydroxyl groups is 1. The highest BCUT2D eigenvalue weighted by molar-refractivity contribution is 5.77. The molecule has 0 unspecified atom stereocenters. The van der Waals surface area contributed by atoms with Gasteiger partial charge in [-0.05, 0) is 30.6 Å². The van der Waals surface area contributed by atoms with E-state index in [-0.39, 0.29) is 23.4 Å². The molecule has 0 saturated heterocycles. The van der Waals surface area contributed by atoms with E-state index in [0.29, 0.717) is 45.9 Å². The van der Waals surface area contributed by atoms with Gasteiger partial charge < -0.3 is 19.3 Å². The number of hydrogen-bond donors (Lipinski definition) is 1. The van der Waals surface area contributed by atoms with Crippen molar-refractivity contribution >= 4 is 5.97 Å². The maximum Gasteiger partial charge on any atom is 0.314 e. The molecule has 0 spiro atoms. The Morgan fingerprint density at radius 2 is 1.38 bits per heavy atom. The summed E-state index contributed by atoms with van der Waals surface area (Å²) in [5.41, 5.74) is -0.701. The molecular formula is C19H38O5. The van der Waals surface area contributed by atoms with Crippen LogP contribution in [0, 0.1) is 16.2 Å². The number of ether oxygens (including phenoxy) is 3. The first-order chi connectivity index (χ1) is 11.0. The van der Waals surface area contributed by atoms with Crippen molar-refractivity contribution < 1.29 is 24.1 Å². The molecular weight excluding hydrogens is 308 g/mol. The van der Waals surface area contributed by atoms with E-state index >= 15 is 0 Å². The van der Waals surface area contributed by atoms with Crippen LogP contribution in [0.15, 0.2) is 0 Å². The summed E-state index contributed by atoms with van der Waals surface area (Å²) in [4.78, 5) is 12.8. The molecule has 1 N–H and O–H groups in total. The number of rotatable bonds is 11. The zero-order chi connectivity index (χ0) is 18.9. The van der Waals surface area contributed by atoms with Crippen molar-refractivity contribution in [2.45, 2.75) is 61.3 Å². The molecule has 144 valence electrons. The van der Waals surface area contributed by atoms with Gasteiger partial charge in [0.15, 0.2) is 0 Å². The van der Waals surface area contributed by atoms with Crippen LogP contribution < -0.4 is 0 Å². The van der Waals surface area contributed by atoms with Crippen LogP contribution in [-0.2, 0) is 19.0 Å². The molecule has 0 aliphatic carbocycles. The van der Waals surface area contributed by atoms with Gasteiger partial charge in [0.2, 0.25) is 0 Å². The van der Waals surface area contributed by atoms with Crippen LogP contribution in [0.4, 0.5) is 0 Å². The molecule has 24 heavy (non-hydrogen) atoms. The van der Waals surface area contributed by atoms with E-state index < -0.39 is 5.41 Å². The predicted octanol–water partition coefficient (Wildman–Crippen LogP) is 3.43. The summed E-state index contributed by atoms with van der Waals surface area (Å²) in [6.45, 7) is 16.4. The van der Waals surface area contributed by atoms with E-state index in [1.165, 1.54) is 0 Å². The standard InChI is InChI=1S/C19H38O5/c1-8-24-16(21)19(13-17(2,3)4,14-18(5,6)7)15-23-12-11-22-10-9-20/h20H,8-15H2,1-7H3. The lowest BCUT2D eigenvalue weighted by Gasteiger charge is -2.40. The van der Waals surface area contributed by atoms with Crippen LogP contribution in [0.2, 0.25) is 0 Å².